The normalized spacial score (nSPS) is 16.6. The molecule has 108 valence electrons. The number of nitrogens with one attached hydrogen (secondary N) is 1. The number of nitrogens with zero attached hydrogens (tertiary/aromatic N) is 1. The van der Waals surface area contributed by atoms with Gasteiger partial charge in [-0.3, -0.25) is 10.1 Å². The third kappa shape index (κ3) is 4.04. The highest BCUT2D eigenvalue weighted by molar-refractivity contribution is 5.97. The molecule has 0 radical (unpaired) electrons. The van der Waals surface area contributed by atoms with E-state index in [-0.39, 0.29) is 0 Å². The third-order valence-corrected chi connectivity index (χ3v) is 3.16. The summed E-state index contributed by atoms with van der Waals surface area (Å²) in [5.74, 6) is -0.453. The van der Waals surface area contributed by atoms with E-state index in [1.54, 1.807) is 4.90 Å². The molecule has 0 aromatic heterocycles. The summed E-state index contributed by atoms with van der Waals surface area (Å²) < 4.78 is 5.15. The van der Waals surface area contributed by atoms with Crippen LogP contribution in [0.2, 0.25) is 0 Å². The second-order valence-electron chi connectivity index (χ2n) is 4.69. The van der Waals surface area contributed by atoms with Crippen LogP contribution in [-0.4, -0.2) is 49.2 Å². The van der Waals surface area contributed by atoms with Gasteiger partial charge < -0.3 is 15.4 Å². The number of hydrogen-bond donors (Lipinski definition) is 2. The van der Waals surface area contributed by atoms with E-state index in [2.05, 4.69) is 5.32 Å². The van der Waals surface area contributed by atoms with Crippen LogP contribution in [0.15, 0.2) is 30.3 Å². The van der Waals surface area contributed by atoms with Gasteiger partial charge in [-0.2, -0.15) is 0 Å². The van der Waals surface area contributed by atoms with Gasteiger partial charge in [-0.25, -0.2) is 4.79 Å². The van der Waals surface area contributed by atoms with E-state index in [1.165, 1.54) is 0 Å². The summed E-state index contributed by atoms with van der Waals surface area (Å²) in [5.41, 5.74) is 6.79. The molecule has 0 spiro atoms. The van der Waals surface area contributed by atoms with Crippen molar-refractivity contribution in [2.24, 2.45) is 5.73 Å². The Bertz CT molecular complexity index is 458. The van der Waals surface area contributed by atoms with Gasteiger partial charge in [-0.05, 0) is 12.0 Å². The second kappa shape index (κ2) is 7.02. The zero-order valence-corrected chi connectivity index (χ0v) is 11.2. The molecule has 1 aromatic carbocycles. The molecule has 1 aliphatic rings. The molecule has 20 heavy (non-hydrogen) atoms. The topological polar surface area (TPSA) is 84.7 Å². The van der Waals surface area contributed by atoms with Crippen molar-refractivity contribution < 1.29 is 14.3 Å². The Balaban J connectivity index is 1.82. The van der Waals surface area contributed by atoms with Crippen LogP contribution in [0.4, 0.5) is 4.79 Å². The molecule has 3 amide bonds. The number of morpholine rings is 1. The molecule has 1 atom stereocenters. The van der Waals surface area contributed by atoms with Gasteiger partial charge in [-0.1, -0.05) is 30.3 Å². The van der Waals surface area contributed by atoms with E-state index in [9.17, 15) is 9.59 Å². The predicted molar refractivity (Wildman–Crippen MR) is 74.1 cm³/mol. The minimum absolute atomic E-state index is 0.401. The number of carbonyl (C=O) groups excluding carboxylic acids is 2. The maximum absolute atomic E-state index is 11.9. The fourth-order valence-corrected chi connectivity index (χ4v) is 2.00. The highest BCUT2D eigenvalue weighted by Gasteiger charge is 2.22. The van der Waals surface area contributed by atoms with Crippen LogP contribution < -0.4 is 11.1 Å². The summed E-state index contributed by atoms with van der Waals surface area (Å²) in [6.07, 6.45) is 0.406. The zero-order valence-electron chi connectivity index (χ0n) is 11.2. The Morgan fingerprint density at radius 3 is 2.55 bits per heavy atom. The number of hydrogen-bond acceptors (Lipinski definition) is 4. The average molecular weight is 277 g/mol. The predicted octanol–water partition coefficient (Wildman–Crippen LogP) is 0.125. The average Bonchev–Trinajstić information content (AvgIpc) is 2.49. The molecule has 1 aromatic rings. The van der Waals surface area contributed by atoms with E-state index in [0.29, 0.717) is 32.7 Å². The van der Waals surface area contributed by atoms with Crippen molar-refractivity contribution in [2.75, 3.05) is 26.3 Å². The van der Waals surface area contributed by atoms with Crippen LogP contribution in [0.25, 0.3) is 0 Å². The maximum Gasteiger partial charge on any atom is 0.324 e. The molecule has 6 nitrogen and oxygen atoms in total. The van der Waals surface area contributed by atoms with Gasteiger partial charge in [0.2, 0.25) is 5.91 Å². The summed E-state index contributed by atoms with van der Waals surface area (Å²) >= 11 is 0. The molecular formula is C14H19N3O3. The summed E-state index contributed by atoms with van der Waals surface area (Å²) in [6.45, 7) is 1.98. The lowest BCUT2D eigenvalue weighted by Crippen LogP contribution is -2.52. The first-order chi connectivity index (χ1) is 9.66. The molecule has 6 heteroatoms. The number of ether oxygens (including phenoxy) is 1. The van der Waals surface area contributed by atoms with Crippen LogP contribution in [0.1, 0.15) is 5.56 Å². The summed E-state index contributed by atoms with van der Waals surface area (Å²) in [7, 11) is 0. The molecule has 1 aliphatic heterocycles. The van der Waals surface area contributed by atoms with Gasteiger partial charge in [0.05, 0.1) is 19.3 Å². The van der Waals surface area contributed by atoms with Crippen LogP contribution in [-0.2, 0) is 16.0 Å². The summed E-state index contributed by atoms with van der Waals surface area (Å²) in [5, 5.41) is 2.34. The minimum atomic E-state index is -0.734. The highest BCUT2D eigenvalue weighted by atomic mass is 16.5. The molecule has 1 heterocycles. The van der Waals surface area contributed by atoms with Crippen molar-refractivity contribution in [3.63, 3.8) is 0 Å². The van der Waals surface area contributed by atoms with Gasteiger partial charge in [0.15, 0.2) is 0 Å². The Labute approximate surface area is 117 Å². The lowest BCUT2D eigenvalue weighted by Gasteiger charge is -2.27. The fourth-order valence-electron chi connectivity index (χ4n) is 2.00. The number of rotatable bonds is 3. The summed E-state index contributed by atoms with van der Waals surface area (Å²) in [6, 6.07) is 8.34. The van der Waals surface area contributed by atoms with Crippen molar-refractivity contribution in [1.29, 1.82) is 0 Å². The van der Waals surface area contributed by atoms with E-state index in [0.717, 1.165) is 5.56 Å². The lowest BCUT2D eigenvalue weighted by atomic mass is 10.1. The minimum Gasteiger partial charge on any atom is -0.378 e. The molecule has 2 rings (SSSR count). The molecule has 1 unspecified atom stereocenters. The van der Waals surface area contributed by atoms with Crippen molar-refractivity contribution in [3.8, 4) is 0 Å². The standard InChI is InChI=1S/C14H19N3O3/c15-12(10-11-4-2-1-3-5-11)13(18)16-14(19)17-6-8-20-9-7-17/h1-5,12H,6-10,15H2,(H,16,18,19). The molecular weight excluding hydrogens is 258 g/mol. The van der Waals surface area contributed by atoms with Gasteiger partial charge >= 0.3 is 6.03 Å². The Morgan fingerprint density at radius 2 is 1.90 bits per heavy atom. The summed E-state index contributed by atoms with van der Waals surface area (Å²) in [4.78, 5) is 25.3. The molecule has 0 aliphatic carbocycles. The Morgan fingerprint density at radius 1 is 1.25 bits per heavy atom. The molecule has 0 bridgehead atoms. The van der Waals surface area contributed by atoms with Gasteiger partial charge in [0.25, 0.3) is 0 Å². The number of urea groups is 1. The van der Waals surface area contributed by atoms with Crippen molar-refractivity contribution in [1.82, 2.24) is 10.2 Å². The van der Waals surface area contributed by atoms with E-state index in [4.69, 9.17) is 10.5 Å². The van der Waals surface area contributed by atoms with Gasteiger partial charge in [-0.15, -0.1) is 0 Å². The monoisotopic (exact) mass is 277 g/mol. The van der Waals surface area contributed by atoms with E-state index in [1.807, 2.05) is 30.3 Å². The smallest absolute Gasteiger partial charge is 0.324 e. The van der Waals surface area contributed by atoms with Crippen LogP contribution in [0.3, 0.4) is 0 Å². The van der Waals surface area contributed by atoms with Crippen molar-refractivity contribution in [2.45, 2.75) is 12.5 Å². The zero-order chi connectivity index (χ0) is 14.4. The maximum atomic E-state index is 11.9. The first kappa shape index (κ1) is 14.5. The lowest BCUT2D eigenvalue weighted by molar-refractivity contribution is -0.121. The second-order valence-corrected chi connectivity index (χ2v) is 4.69. The molecule has 1 saturated heterocycles. The molecule has 3 N–H and O–H groups in total. The number of nitrogens with two attached hydrogens (primary N) is 1. The van der Waals surface area contributed by atoms with Crippen LogP contribution >= 0.6 is 0 Å². The third-order valence-electron chi connectivity index (χ3n) is 3.16. The SMILES string of the molecule is NC(Cc1ccccc1)C(=O)NC(=O)N1CCOCC1. The number of imide groups is 1. The fraction of sp³-hybridized carbons (Fsp3) is 0.429. The van der Waals surface area contributed by atoms with E-state index < -0.39 is 18.0 Å². The number of carbonyl (C=O) groups is 2. The number of amides is 3. The largest absolute Gasteiger partial charge is 0.378 e. The van der Waals surface area contributed by atoms with Gasteiger partial charge in [0.1, 0.15) is 0 Å². The van der Waals surface area contributed by atoms with E-state index >= 15 is 0 Å². The quantitative estimate of drug-likeness (QED) is 0.822. The highest BCUT2D eigenvalue weighted by Crippen LogP contribution is 2.02. The first-order valence-corrected chi connectivity index (χ1v) is 6.64. The first-order valence-electron chi connectivity index (χ1n) is 6.64. The van der Waals surface area contributed by atoms with Crippen LogP contribution in [0, 0.1) is 0 Å². The van der Waals surface area contributed by atoms with Gasteiger partial charge in [0, 0.05) is 13.1 Å². The molecule has 0 saturated carbocycles. The van der Waals surface area contributed by atoms with Crippen molar-refractivity contribution in [3.05, 3.63) is 35.9 Å². The van der Waals surface area contributed by atoms with Crippen LogP contribution in [0.5, 0.6) is 0 Å². The Hall–Kier alpha value is -1.92. The number of benzene rings is 1. The van der Waals surface area contributed by atoms with Crippen molar-refractivity contribution >= 4 is 11.9 Å². The Kier molecular flexibility index (Phi) is 5.09. The molecule has 1 fully saturated rings.